The lowest BCUT2D eigenvalue weighted by Crippen LogP contribution is -2.14. The monoisotopic (exact) mass is 438 g/mol. The van der Waals surface area contributed by atoms with E-state index >= 15 is 0 Å². The van der Waals surface area contributed by atoms with E-state index in [9.17, 15) is 4.79 Å². The van der Waals surface area contributed by atoms with Crippen molar-refractivity contribution in [1.82, 2.24) is 4.57 Å². The Hall–Kier alpha value is -1.67. The average Bonchev–Trinajstić information content (AvgIpc) is 2.85. The fourth-order valence-electron chi connectivity index (χ4n) is 2.33. The Morgan fingerprint density at radius 1 is 1.26 bits per heavy atom. The lowest BCUT2D eigenvalue weighted by molar-refractivity contribution is 0.0997. The van der Waals surface area contributed by atoms with Gasteiger partial charge in [-0.2, -0.15) is 4.99 Å². The number of hydrogen-bond acceptors (Lipinski definition) is 3. The molecule has 0 fully saturated rings. The number of fused-ring (bicyclic) bond motifs is 1. The molecule has 1 amide bonds. The number of ether oxygens (including phenoxy) is 1. The van der Waals surface area contributed by atoms with Crippen LogP contribution in [0, 0.1) is 3.57 Å². The van der Waals surface area contributed by atoms with Crippen molar-refractivity contribution < 1.29 is 9.53 Å². The molecule has 0 bridgehead atoms. The molecule has 0 aliphatic carbocycles. The number of rotatable bonds is 3. The molecule has 6 heteroatoms. The van der Waals surface area contributed by atoms with Gasteiger partial charge < -0.3 is 9.30 Å². The van der Waals surface area contributed by atoms with Gasteiger partial charge in [0.1, 0.15) is 11.3 Å². The Bertz CT molecular complexity index is 943. The minimum absolute atomic E-state index is 0.227. The second-order valence-corrected chi connectivity index (χ2v) is 7.05. The van der Waals surface area contributed by atoms with Gasteiger partial charge in [-0.15, -0.1) is 0 Å². The average molecular weight is 438 g/mol. The summed E-state index contributed by atoms with van der Waals surface area (Å²) < 4.78 is 9.54. The van der Waals surface area contributed by atoms with Crippen molar-refractivity contribution in [3.05, 3.63) is 56.4 Å². The van der Waals surface area contributed by atoms with Crippen molar-refractivity contribution >= 4 is 50.1 Å². The lowest BCUT2D eigenvalue weighted by Gasteiger charge is -2.05. The lowest BCUT2D eigenvalue weighted by atomic mass is 10.2. The van der Waals surface area contributed by atoms with E-state index in [2.05, 4.69) is 27.6 Å². The first-order valence-corrected chi connectivity index (χ1v) is 9.06. The molecule has 0 unspecified atom stereocenters. The third-order valence-electron chi connectivity index (χ3n) is 3.39. The second kappa shape index (κ2) is 6.84. The highest BCUT2D eigenvalue weighted by molar-refractivity contribution is 14.1. The van der Waals surface area contributed by atoms with Crippen LogP contribution in [0.5, 0.6) is 5.75 Å². The molecule has 3 aromatic rings. The molecule has 0 N–H and O–H groups in total. The number of aryl methyl sites for hydroxylation is 1. The minimum atomic E-state index is -0.227. The molecule has 0 saturated heterocycles. The highest BCUT2D eigenvalue weighted by atomic mass is 127. The third-order valence-corrected chi connectivity index (χ3v) is 5.42. The molecule has 23 heavy (non-hydrogen) atoms. The number of benzene rings is 2. The largest absolute Gasteiger partial charge is 0.492 e. The molecule has 2 aromatic carbocycles. The van der Waals surface area contributed by atoms with Gasteiger partial charge >= 0.3 is 0 Å². The third kappa shape index (κ3) is 3.18. The minimum Gasteiger partial charge on any atom is -0.492 e. The summed E-state index contributed by atoms with van der Waals surface area (Å²) >= 11 is 3.64. The van der Waals surface area contributed by atoms with Crippen LogP contribution in [0.25, 0.3) is 10.2 Å². The zero-order valence-electron chi connectivity index (χ0n) is 12.7. The summed E-state index contributed by atoms with van der Waals surface area (Å²) in [6.07, 6.45) is 0. The van der Waals surface area contributed by atoms with Crippen molar-refractivity contribution in [2.45, 2.75) is 6.92 Å². The van der Waals surface area contributed by atoms with Crippen molar-refractivity contribution in [3.63, 3.8) is 0 Å². The van der Waals surface area contributed by atoms with Gasteiger partial charge in [0.15, 0.2) is 4.80 Å². The number of aromatic nitrogens is 1. The molecular formula is C17H15IN2O2S. The summed E-state index contributed by atoms with van der Waals surface area (Å²) in [6, 6.07) is 13.4. The molecule has 0 radical (unpaired) electrons. The molecule has 3 rings (SSSR count). The van der Waals surface area contributed by atoms with Gasteiger partial charge in [0.05, 0.1) is 16.9 Å². The maximum absolute atomic E-state index is 12.5. The summed E-state index contributed by atoms with van der Waals surface area (Å²) in [6.45, 7) is 2.56. The number of amides is 1. The fraction of sp³-hybridized carbons (Fsp3) is 0.176. The maximum Gasteiger partial charge on any atom is 0.280 e. The zero-order chi connectivity index (χ0) is 16.4. The number of halogens is 1. The van der Waals surface area contributed by atoms with Gasteiger partial charge in [-0.05, 0) is 53.8 Å². The number of nitrogens with zero attached hydrogens (tertiary/aromatic N) is 2. The van der Waals surface area contributed by atoms with Crippen LogP contribution in [-0.4, -0.2) is 17.1 Å². The molecule has 1 aromatic heterocycles. The van der Waals surface area contributed by atoms with Gasteiger partial charge in [0.25, 0.3) is 5.91 Å². The Morgan fingerprint density at radius 3 is 2.78 bits per heavy atom. The second-order valence-electron chi connectivity index (χ2n) is 4.88. The van der Waals surface area contributed by atoms with Crippen LogP contribution in [0.1, 0.15) is 17.3 Å². The summed E-state index contributed by atoms with van der Waals surface area (Å²) in [4.78, 5) is 17.4. The van der Waals surface area contributed by atoms with Crippen LogP contribution in [0.15, 0.2) is 47.5 Å². The van der Waals surface area contributed by atoms with Crippen LogP contribution in [-0.2, 0) is 7.05 Å². The Balaban J connectivity index is 2.13. The van der Waals surface area contributed by atoms with Gasteiger partial charge in [-0.3, -0.25) is 4.79 Å². The van der Waals surface area contributed by atoms with E-state index < -0.39 is 0 Å². The molecule has 4 nitrogen and oxygen atoms in total. The SMILES string of the molecule is CCOc1cccc2sc(=NC(=O)c3ccccc3I)n(C)c12. The summed E-state index contributed by atoms with van der Waals surface area (Å²) in [5.41, 5.74) is 1.59. The normalized spacial score (nSPS) is 11.9. The van der Waals surface area contributed by atoms with Gasteiger partial charge in [0.2, 0.25) is 0 Å². The smallest absolute Gasteiger partial charge is 0.280 e. The molecule has 1 heterocycles. The van der Waals surface area contributed by atoms with Crippen molar-refractivity contribution in [2.75, 3.05) is 6.61 Å². The maximum atomic E-state index is 12.5. The fourth-order valence-corrected chi connectivity index (χ4v) is 3.98. The number of thiazole rings is 1. The van der Waals surface area contributed by atoms with E-state index in [-0.39, 0.29) is 5.91 Å². The molecular weight excluding hydrogens is 423 g/mol. The Kier molecular flexibility index (Phi) is 4.82. The van der Waals surface area contributed by atoms with Crippen LogP contribution >= 0.6 is 33.9 Å². The topological polar surface area (TPSA) is 43.6 Å². The van der Waals surface area contributed by atoms with Crippen LogP contribution in [0.4, 0.5) is 0 Å². The van der Waals surface area contributed by atoms with E-state index in [1.54, 1.807) is 6.07 Å². The van der Waals surface area contributed by atoms with Gasteiger partial charge in [-0.1, -0.05) is 29.5 Å². The molecule has 118 valence electrons. The standard InChI is InChI=1S/C17H15IN2O2S/c1-3-22-13-9-6-10-14-15(13)20(2)17(23-14)19-16(21)11-7-4-5-8-12(11)18/h4-10H,3H2,1-2H3. The van der Waals surface area contributed by atoms with Crippen molar-refractivity contribution in [3.8, 4) is 5.75 Å². The molecule has 0 atom stereocenters. The van der Waals surface area contributed by atoms with Crippen LogP contribution in [0.2, 0.25) is 0 Å². The van der Waals surface area contributed by atoms with Gasteiger partial charge in [-0.25, -0.2) is 0 Å². The molecule has 0 aliphatic rings. The zero-order valence-corrected chi connectivity index (χ0v) is 15.7. The Labute approximate surface area is 151 Å². The first-order chi connectivity index (χ1) is 11.1. The number of hydrogen-bond donors (Lipinski definition) is 0. The first-order valence-electron chi connectivity index (χ1n) is 7.16. The molecule has 0 spiro atoms. The molecule has 0 saturated carbocycles. The van der Waals surface area contributed by atoms with E-state index in [0.717, 1.165) is 19.5 Å². The highest BCUT2D eigenvalue weighted by Gasteiger charge is 2.12. The quantitative estimate of drug-likeness (QED) is 0.581. The number of para-hydroxylation sites is 1. The predicted octanol–water partition coefficient (Wildman–Crippen LogP) is 3.98. The van der Waals surface area contributed by atoms with Gasteiger partial charge in [0, 0.05) is 10.6 Å². The first kappa shape index (κ1) is 16.2. The number of carbonyl (C=O) groups is 1. The molecule has 0 aliphatic heterocycles. The van der Waals surface area contributed by atoms with E-state index in [0.29, 0.717) is 17.0 Å². The van der Waals surface area contributed by atoms with E-state index in [1.165, 1.54) is 11.3 Å². The summed E-state index contributed by atoms with van der Waals surface area (Å²) in [5, 5.41) is 0. The van der Waals surface area contributed by atoms with Crippen molar-refractivity contribution in [2.24, 2.45) is 12.0 Å². The van der Waals surface area contributed by atoms with Crippen LogP contribution in [0.3, 0.4) is 0 Å². The van der Waals surface area contributed by atoms with Crippen LogP contribution < -0.4 is 9.54 Å². The van der Waals surface area contributed by atoms with E-state index in [4.69, 9.17) is 4.74 Å². The summed E-state index contributed by atoms with van der Waals surface area (Å²) in [7, 11) is 1.91. The van der Waals surface area contributed by atoms with E-state index in [1.807, 2.05) is 54.9 Å². The predicted molar refractivity (Wildman–Crippen MR) is 101 cm³/mol. The highest BCUT2D eigenvalue weighted by Crippen LogP contribution is 2.26. The Morgan fingerprint density at radius 2 is 2.04 bits per heavy atom. The summed E-state index contributed by atoms with van der Waals surface area (Å²) in [5.74, 6) is 0.585. The number of carbonyl (C=O) groups excluding carboxylic acids is 1. The van der Waals surface area contributed by atoms with Crippen molar-refractivity contribution in [1.29, 1.82) is 0 Å².